The fourth-order valence-corrected chi connectivity index (χ4v) is 4.70. The molecule has 1 heterocycles. The predicted molar refractivity (Wildman–Crippen MR) is 79.3 cm³/mol. The smallest absolute Gasteiger partial charge is 0.0687 e. The van der Waals surface area contributed by atoms with E-state index in [2.05, 4.69) is 12.2 Å². The average molecular weight is 265 g/mol. The molecule has 0 radical (unpaired) electrons. The molecule has 110 valence electrons. The van der Waals surface area contributed by atoms with Crippen molar-refractivity contribution in [1.82, 2.24) is 5.32 Å². The first-order chi connectivity index (χ1) is 9.31. The summed E-state index contributed by atoms with van der Waals surface area (Å²) in [6.07, 6.45) is 15.5. The van der Waals surface area contributed by atoms with Gasteiger partial charge in [-0.3, -0.25) is 0 Å². The maximum Gasteiger partial charge on any atom is 0.0687 e. The zero-order valence-electron chi connectivity index (χ0n) is 12.6. The monoisotopic (exact) mass is 265 g/mol. The largest absolute Gasteiger partial charge is 0.372 e. The molecule has 3 atom stereocenters. The average Bonchev–Trinajstić information content (AvgIpc) is 3.12. The first-order valence-electron chi connectivity index (χ1n) is 8.72. The first kappa shape index (κ1) is 13.9. The van der Waals surface area contributed by atoms with E-state index < -0.39 is 0 Å². The highest BCUT2D eigenvalue weighted by molar-refractivity contribution is 4.94. The molecule has 1 aliphatic heterocycles. The highest BCUT2D eigenvalue weighted by atomic mass is 16.5. The molecule has 0 amide bonds. The predicted octanol–water partition coefficient (Wildman–Crippen LogP) is 4.04. The van der Waals surface area contributed by atoms with Gasteiger partial charge in [0.1, 0.15) is 0 Å². The summed E-state index contributed by atoms with van der Waals surface area (Å²) in [4.78, 5) is 0. The molecule has 1 N–H and O–H groups in total. The summed E-state index contributed by atoms with van der Waals surface area (Å²) in [5, 5.41) is 3.76. The molecule has 19 heavy (non-hydrogen) atoms. The van der Waals surface area contributed by atoms with Crippen LogP contribution in [0.1, 0.15) is 77.6 Å². The van der Waals surface area contributed by atoms with Gasteiger partial charge in [0, 0.05) is 6.04 Å². The van der Waals surface area contributed by atoms with E-state index in [0.717, 1.165) is 12.0 Å². The molecule has 1 saturated heterocycles. The Hall–Kier alpha value is -0.0800. The zero-order valence-corrected chi connectivity index (χ0v) is 12.6. The molecule has 2 aliphatic carbocycles. The second-order valence-corrected chi connectivity index (χ2v) is 7.16. The van der Waals surface area contributed by atoms with Crippen LogP contribution in [0.3, 0.4) is 0 Å². The molecular weight excluding hydrogens is 234 g/mol. The van der Waals surface area contributed by atoms with Crippen molar-refractivity contribution < 1.29 is 4.74 Å². The number of hydrogen-bond donors (Lipinski definition) is 1. The molecule has 1 spiro atoms. The standard InChI is InChI=1S/C17H31NO/c1-2-12-18-16-7-5-6-14(16)13-15-8-11-17(19-15)9-3-4-10-17/h14-16,18H,2-13H2,1H3. The van der Waals surface area contributed by atoms with E-state index >= 15 is 0 Å². The third-order valence-electron chi connectivity index (χ3n) is 5.73. The van der Waals surface area contributed by atoms with Gasteiger partial charge in [-0.25, -0.2) is 0 Å². The third kappa shape index (κ3) is 3.16. The van der Waals surface area contributed by atoms with Crippen molar-refractivity contribution in [2.24, 2.45) is 5.92 Å². The minimum Gasteiger partial charge on any atom is -0.372 e. The van der Waals surface area contributed by atoms with Crippen LogP contribution in [0.2, 0.25) is 0 Å². The van der Waals surface area contributed by atoms with Crippen molar-refractivity contribution in [2.75, 3.05) is 6.54 Å². The lowest BCUT2D eigenvalue weighted by atomic mass is 9.93. The highest BCUT2D eigenvalue weighted by Gasteiger charge is 2.43. The van der Waals surface area contributed by atoms with Gasteiger partial charge >= 0.3 is 0 Å². The van der Waals surface area contributed by atoms with Crippen molar-refractivity contribution in [3.8, 4) is 0 Å². The van der Waals surface area contributed by atoms with Crippen LogP contribution in [-0.2, 0) is 4.74 Å². The van der Waals surface area contributed by atoms with Gasteiger partial charge in [0.05, 0.1) is 11.7 Å². The van der Waals surface area contributed by atoms with Crippen LogP contribution >= 0.6 is 0 Å². The van der Waals surface area contributed by atoms with Gasteiger partial charge < -0.3 is 10.1 Å². The zero-order chi connectivity index (χ0) is 13.1. The van der Waals surface area contributed by atoms with Gasteiger partial charge in [0.15, 0.2) is 0 Å². The summed E-state index contributed by atoms with van der Waals surface area (Å²) in [5.41, 5.74) is 0.329. The molecule has 2 saturated carbocycles. The molecule has 3 fully saturated rings. The van der Waals surface area contributed by atoms with E-state index in [1.54, 1.807) is 0 Å². The van der Waals surface area contributed by atoms with Crippen molar-refractivity contribution in [3.63, 3.8) is 0 Å². The summed E-state index contributed by atoms with van der Waals surface area (Å²) < 4.78 is 6.50. The number of hydrogen-bond acceptors (Lipinski definition) is 2. The molecule has 0 aromatic rings. The molecule has 0 aromatic heterocycles. The van der Waals surface area contributed by atoms with E-state index in [1.807, 2.05) is 0 Å². The molecule has 3 unspecified atom stereocenters. The Morgan fingerprint density at radius 1 is 1.05 bits per heavy atom. The van der Waals surface area contributed by atoms with Gasteiger partial charge in [-0.15, -0.1) is 0 Å². The van der Waals surface area contributed by atoms with Gasteiger partial charge in [-0.1, -0.05) is 26.2 Å². The summed E-state index contributed by atoms with van der Waals surface area (Å²) in [7, 11) is 0. The lowest BCUT2D eigenvalue weighted by Gasteiger charge is -2.27. The van der Waals surface area contributed by atoms with Crippen LogP contribution in [0, 0.1) is 5.92 Å². The number of rotatable bonds is 5. The Balaban J connectivity index is 1.48. The minimum atomic E-state index is 0.329. The molecule has 0 aromatic carbocycles. The maximum absolute atomic E-state index is 6.50. The normalized spacial score (nSPS) is 37.4. The SMILES string of the molecule is CCCNC1CCCC1CC1CCC2(CCCC2)O1. The van der Waals surface area contributed by atoms with Gasteiger partial charge in [0.2, 0.25) is 0 Å². The topological polar surface area (TPSA) is 21.3 Å². The van der Waals surface area contributed by atoms with Crippen LogP contribution in [-0.4, -0.2) is 24.3 Å². The van der Waals surface area contributed by atoms with Crippen LogP contribution in [0.4, 0.5) is 0 Å². The quantitative estimate of drug-likeness (QED) is 0.810. The Kier molecular flexibility index (Phi) is 4.48. The van der Waals surface area contributed by atoms with Crippen molar-refractivity contribution >= 4 is 0 Å². The highest BCUT2D eigenvalue weighted by Crippen LogP contribution is 2.45. The van der Waals surface area contributed by atoms with Gasteiger partial charge in [-0.05, 0) is 63.8 Å². The second-order valence-electron chi connectivity index (χ2n) is 7.16. The Labute approximate surface area is 118 Å². The fourth-order valence-electron chi connectivity index (χ4n) is 4.70. The summed E-state index contributed by atoms with van der Waals surface area (Å²) in [6, 6.07) is 0.781. The molecular formula is C17H31NO. The summed E-state index contributed by atoms with van der Waals surface area (Å²) in [6.45, 7) is 3.46. The van der Waals surface area contributed by atoms with Crippen LogP contribution in [0.25, 0.3) is 0 Å². The molecule has 3 aliphatic rings. The van der Waals surface area contributed by atoms with E-state index in [-0.39, 0.29) is 0 Å². The molecule has 3 rings (SSSR count). The third-order valence-corrected chi connectivity index (χ3v) is 5.73. The van der Waals surface area contributed by atoms with Crippen molar-refractivity contribution in [2.45, 2.75) is 95.3 Å². The number of ether oxygens (including phenoxy) is 1. The minimum absolute atomic E-state index is 0.329. The van der Waals surface area contributed by atoms with Crippen molar-refractivity contribution in [1.29, 1.82) is 0 Å². The first-order valence-corrected chi connectivity index (χ1v) is 8.72. The van der Waals surface area contributed by atoms with E-state index in [9.17, 15) is 0 Å². The van der Waals surface area contributed by atoms with E-state index in [1.165, 1.54) is 77.2 Å². The maximum atomic E-state index is 6.50. The Morgan fingerprint density at radius 3 is 2.68 bits per heavy atom. The lowest BCUT2D eigenvalue weighted by molar-refractivity contribution is -0.0449. The fraction of sp³-hybridized carbons (Fsp3) is 1.00. The second kappa shape index (κ2) is 6.13. The van der Waals surface area contributed by atoms with Gasteiger partial charge in [-0.2, -0.15) is 0 Å². The molecule has 2 nitrogen and oxygen atoms in total. The summed E-state index contributed by atoms with van der Waals surface area (Å²) in [5.74, 6) is 0.883. The van der Waals surface area contributed by atoms with E-state index in [0.29, 0.717) is 11.7 Å². The molecule has 0 bridgehead atoms. The Bertz CT molecular complexity index is 285. The number of nitrogens with one attached hydrogen (secondary N) is 1. The molecule has 2 heteroatoms. The van der Waals surface area contributed by atoms with E-state index in [4.69, 9.17) is 4.74 Å². The van der Waals surface area contributed by atoms with Crippen LogP contribution < -0.4 is 5.32 Å². The summed E-state index contributed by atoms with van der Waals surface area (Å²) >= 11 is 0. The van der Waals surface area contributed by atoms with Crippen LogP contribution in [0.15, 0.2) is 0 Å². The lowest BCUT2D eigenvalue weighted by Crippen LogP contribution is -2.35. The van der Waals surface area contributed by atoms with Gasteiger partial charge in [0.25, 0.3) is 0 Å². The van der Waals surface area contributed by atoms with Crippen LogP contribution in [0.5, 0.6) is 0 Å². The Morgan fingerprint density at radius 2 is 1.89 bits per heavy atom. The van der Waals surface area contributed by atoms with Crippen molar-refractivity contribution in [3.05, 3.63) is 0 Å².